The fraction of sp³-hybridized carbons (Fsp3) is 0.0909. The first-order valence-electron chi connectivity index (χ1n) is 4.56. The Kier molecular flexibility index (Phi) is 2.55. The lowest BCUT2D eigenvalue weighted by Gasteiger charge is -2.04. The number of nitrogens with one attached hydrogen (secondary N) is 1. The number of carboxylic acid groups (broad SMARTS) is 1. The smallest absolute Gasteiger partial charge is 0.352 e. The second-order valence-electron chi connectivity index (χ2n) is 3.47. The Hall–Kier alpha value is -1.62. The highest BCUT2D eigenvalue weighted by Gasteiger charge is 2.11. The standard InChI is InChI=1S/C11H8BrNO3/c1-5-2-3-7(12)9-6(5)4-8(11(15)16)13-10(9)14/h2-4H,1H3,(H,13,14)(H,15,16). The fourth-order valence-corrected chi connectivity index (χ4v) is 2.12. The number of hydrogen-bond donors (Lipinski definition) is 2. The predicted molar refractivity (Wildman–Crippen MR) is 64.0 cm³/mol. The third kappa shape index (κ3) is 1.63. The zero-order valence-electron chi connectivity index (χ0n) is 8.37. The summed E-state index contributed by atoms with van der Waals surface area (Å²) >= 11 is 3.28. The van der Waals surface area contributed by atoms with Gasteiger partial charge >= 0.3 is 5.97 Å². The average Bonchev–Trinajstić information content (AvgIpc) is 2.22. The molecular formula is C11H8BrNO3. The second kappa shape index (κ2) is 3.75. The van der Waals surface area contributed by atoms with E-state index in [0.29, 0.717) is 15.2 Å². The highest BCUT2D eigenvalue weighted by atomic mass is 79.9. The minimum atomic E-state index is -1.14. The van der Waals surface area contributed by atoms with E-state index in [1.54, 1.807) is 6.07 Å². The molecule has 0 spiro atoms. The predicted octanol–water partition coefficient (Wildman–Crippen LogP) is 2.30. The van der Waals surface area contributed by atoms with Crippen molar-refractivity contribution in [1.29, 1.82) is 0 Å². The van der Waals surface area contributed by atoms with Gasteiger partial charge in [0.1, 0.15) is 5.69 Å². The van der Waals surface area contributed by atoms with Gasteiger partial charge in [-0.25, -0.2) is 4.79 Å². The van der Waals surface area contributed by atoms with Gasteiger partial charge in [0.2, 0.25) is 0 Å². The number of carboxylic acids is 1. The van der Waals surface area contributed by atoms with Crippen molar-refractivity contribution in [2.24, 2.45) is 0 Å². The molecule has 16 heavy (non-hydrogen) atoms. The summed E-state index contributed by atoms with van der Waals surface area (Å²) in [5, 5.41) is 9.97. The molecule has 0 unspecified atom stereocenters. The van der Waals surface area contributed by atoms with Crippen molar-refractivity contribution in [1.82, 2.24) is 4.98 Å². The van der Waals surface area contributed by atoms with E-state index in [1.807, 2.05) is 13.0 Å². The van der Waals surface area contributed by atoms with E-state index in [0.717, 1.165) is 5.56 Å². The van der Waals surface area contributed by atoms with Gasteiger partial charge in [-0.2, -0.15) is 0 Å². The lowest BCUT2D eigenvalue weighted by atomic mass is 10.1. The van der Waals surface area contributed by atoms with Gasteiger partial charge in [-0.05, 0) is 45.9 Å². The lowest BCUT2D eigenvalue weighted by molar-refractivity contribution is 0.0690. The molecule has 0 fully saturated rings. The number of fused-ring (bicyclic) bond motifs is 1. The van der Waals surface area contributed by atoms with Crippen LogP contribution in [0.4, 0.5) is 0 Å². The monoisotopic (exact) mass is 281 g/mol. The molecule has 2 aromatic rings. The van der Waals surface area contributed by atoms with Crippen LogP contribution in [-0.4, -0.2) is 16.1 Å². The molecule has 0 aliphatic rings. The van der Waals surface area contributed by atoms with Crippen LogP contribution in [0.5, 0.6) is 0 Å². The number of rotatable bonds is 1. The molecule has 0 saturated heterocycles. The van der Waals surface area contributed by atoms with E-state index >= 15 is 0 Å². The topological polar surface area (TPSA) is 70.2 Å². The van der Waals surface area contributed by atoms with Crippen molar-refractivity contribution in [2.75, 3.05) is 0 Å². The summed E-state index contributed by atoms with van der Waals surface area (Å²) in [4.78, 5) is 24.9. The molecule has 0 aliphatic heterocycles. The normalized spacial score (nSPS) is 10.6. The Labute approximate surface area is 99.0 Å². The van der Waals surface area contributed by atoms with Gasteiger partial charge in [-0.15, -0.1) is 0 Å². The summed E-state index contributed by atoms with van der Waals surface area (Å²) in [5.74, 6) is -1.14. The van der Waals surface area contributed by atoms with Crippen molar-refractivity contribution in [3.05, 3.63) is 44.3 Å². The molecule has 1 heterocycles. The molecule has 0 saturated carbocycles. The molecule has 0 amide bonds. The van der Waals surface area contributed by atoms with E-state index in [4.69, 9.17) is 5.11 Å². The zero-order valence-corrected chi connectivity index (χ0v) is 9.96. The number of aromatic nitrogens is 1. The summed E-state index contributed by atoms with van der Waals surface area (Å²) in [7, 11) is 0. The SMILES string of the molecule is Cc1ccc(Br)c2c(=O)[nH]c(C(=O)O)cc12. The summed E-state index contributed by atoms with van der Waals surface area (Å²) in [6.07, 6.45) is 0. The van der Waals surface area contributed by atoms with Crippen LogP contribution in [0.2, 0.25) is 0 Å². The second-order valence-corrected chi connectivity index (χ2v) is 4.32. The first-order valence-corrected chi connectivity index (χ1v) is 5.35. The van der Waals surface area contributed by atoms with Crippen LogP contribution in [0, 0.1) is 6.92 Å². The maximum Gasteiger partial charge on any atom is 0.352 e. The van der Waals surface area contributed by atoms with Gasteiger partial charge < -0.3 is 10.1 Å². The molecule has 0 atom stereocenters. The van der Waals surface area contributed by atoms with Crippen LogP contribution >= 0.6 is 15.9 Å². The van der Waals surface area contributed by atoms with Crippen LogP contribution in [0.25, 0.3) is 10.8 Å². The molecule has 0 bridgehead atoms. The molecule has 82 valence electrons. The minimum absolute atomic E-state index is 0.0984. The van der Waals surface area contributed by atoms with Crippen LogP contribution in [0.15, 0.2) is 27.5 Å². The first-order chi connectivity index (χ1) is 7.50. The van der Waals surface area contributed by atoms with E-state index < -0.39 is 11.5 Å². The summed E-state index contributed by atoms with van der Waals surface area (Å²) in [5.41, 5.74) is 0.371. The fourth-order valence-electron chi connectivity index (χ4n) is 1.59. The Bertz CT molecular complexity index is 645. The van der Waals surface area contributed by atoms with Gasteiger partial charge in [0.25, 0.3) is 5.56 Å². The quantitative estimate of drug-likeness (QED) is 0.843. The van der Waals surface area contributed by atoms with Crippen molar-refractivity contribution >= 4 is 32.7 Å². The van der Waals surface area contributed by atoms with E-state index in [9.17, 15) is 9.59 Å². The number of hydrogen-bond acceptors (Lipinski definition) is 2. The Morgan fingerprint density at radius 3 is 2.75 bits per heavy atom. The van der Waals surface area contributed by atoms with Crippen molar-refractivity contribution in [3.8, 4) is 0 Å². The molecule has 4 nitrogen and oxygen atoms in total. The first kappa shape index (κ1) is 10.9. The summed E-state index contributed by atoms with van der Waals surface area (Å²) in [6, 6.07) is 5.07. The summed E-state index contributed by atoms with van der Waals surface area (Å²) < 4.78 is 0.659. The van der Waals surface area contributed by atoms with E-state index in [1.165, 1.54) is 6.07 Å². The highest BCUT2D eigenvalue weighted by Crippen LogP contribution is 2.23. The van der Waals surface area contributed by atoms with E-state index in [-0.39, 0.29) is 5.69 Å². The highest BCUT2D eigenvalue weighted by molar-refractivity contribution is 9.10. The summed E-state index contributed by atoms with van der Waals surface area (Å²) in [6.45, 7) is 1.83. The number of halogens is 1. The Morgan fingerprint density at radius 1 is 1.44 bits per heavy atom. The number of pyridine rings is 1. The molecular weight excluding hydrogens is 274 g/mol. The number of aromatic amines is 1. The minimum Gasteiger partial charge on any atom is -0.477 e. The largest absolute Gasteiger partial charge is 0.477 e. The lowest BCUT2D eigenvalue weighted by Crippen LogP contribution is -2.13. The van der Waals surface area contributed by atoms with Crippen LogP contribution in [0.1, 0.15) is 16.1 Å². The number of aromatic carboxylic acids is 1. The number of H-pyrrole nitrogens is 1. The van der Waals surface area contributed by atoms with Gasteiger partial charge in [0, 0.05) is 4.47 Å². The number of carbonyl (C=O) groups is 1. The molecule has 5 heteroatoms. The van der Waals surface area contributed by atoms with Crippen molar-refractivity contribution in [3.63, 3.8) is 0 Å². The van der Waals surface area contributed by atoms with Gasteiger partial charge in [-0.1, -0.05) is 6.07 Å². The van der Waals surface area contributed by atoms with Crippen LogP contribution < -0.4 is 5.56 Å². The molecule has 1 aromatic carbocycles. The third-order valence-electron chi connectivity index (χ3n) is 2.41. The van der Waals surface area contributed by atoms with Crippen LogP contribution in [0.3, 0.4) is 0 Å². The van der Waals surface area contributed by atoms with Crippen LogP contribution in [-0.2, 0) is 0 Å². The maximum atomic E-state index is 11.7. The molecule has 0 radical (unpaired) electrons. The number of benzene rings is 1. The zero-order chi connectivity index (χ0) is 11.9. The Balaban J connectivity index is 2.98. The van der Waals surface area contributed by atoms with Gasteiger partial charge in [0.15, 0.2) is 0 Å². The van der Waals surface area contributed by atoms with Gasteiger partial charge in [0.05, 0.1) is 5.39 Å². The third-order valence-corrected chi connectivity index (χ3v) is 3.07. The number of aryl methyl sites for hydroxylation is 1. The molecule has 2 rings (SSSR count). The molecule has 2 N–H and O–H groups in total. The van der Waals surface area contributed by atoms with E-state index in [2.05, 4.69) is 20.9 Å². The molecule has 0 aliphatic carbocycles. The maximum absolute atomic E-state index is 11.7. The average molecular weight is 282 g/mol. The van der Waals surface area contributed by atoms with Crippen molar-refractivity contribution in [2.45, 2.75) is 6.92 Å². The molecule has 1 aromatic heterocycles. The van der Waals surface area contributed by atoms with Gasteiger partial charge in [-0.3, -0.25) is 4.79 Å². The van der Waals surface area contributed by atoms with Crippen molar-refractivity contribution < 1.29 is 9.90 Å². The Morgan fingerprint density at radius 2 is 2.12 bits per heavy atom.